The molecule has 0 atom stereocenters. The molecule has 0 unspecified atom stereocenters. The molecule has 0 radical (unpaired) electrons. The van der Waals surface area contributed by atoms with E-state index in [-0.39, 0.29) is 32.0 Å². The van der Waals surface area contributed by atoms with Crippen LogP contribution in [-0.2, 0) is 33.1 Å². The zero-order chi connectivity index (χ0) is 44.3. The van der Waals surface area contributed by atoms with Crippen molar-refractivity contribution < 1.29 is 45.8 Å². The first-order valence-corrected chi connectivity index (χ1v) is 25.8. The lowest BCUT2D eigenvalue weighted by Crippen LogP contribution is -2.20. The molecular formula is C48H66N2O10S2. The van der Waals surface area contributed by atoms with E-state index in [1.807, 2.05) is 0 Å². The van der Waals surface area contributed by atoms with E-state index in [2.05, 4.69) is 13.8 Å². The van der Waals surface area contributed by atoms with Gasteiger partial charge in [0, 0.05) is 34.1 Å². The highest BCUT2D eigenvalue weighted by Gasteiger charge is 2.48. The number of unbranched alkanes of at least 4 members (excludes halogenated alkanes) is 18. The van der Waals surface area contributed by atoms with Gasteiger partial charge in [0.05, 0.1) is 0 Å². The largest absolute Gasteiger partial charge is 0.492 e. The van der Waals surface area contributed by atoms with Crippen molar-refractivity contribution in [1.82, 2.24) is 9.46 Å². The second kappa shape index (κ2) is 21.7. The van der Waals surface area contributed by atoms with Crippen LogP contribution >= 0.6 is 0 Å². The monoisotopic (exact) mass is 894 g/mol. The van der Waals surface area contributed by atoms with Crippen LogP contribution in [0.15, 0.2) is 70.5 Å². The third-order valence-electron chi connectivity index (χ3n) is 12.5. The summed E-state index contributed by atoms with van der Waals surface area (Å²) in [5.41, 5.74) is 2.07. The Bertz CT molecular complexity index is 2110. The average molecular weight is 895 g/mol. The van der Waals surface area contributed by atoms with Gasteiger partial charge in [-0.25, -0.2) is 0 Å². The molecule has 62 heavy (non-hydrogen) atoms. The van der Waals surface area contributed by atoms with E-state index in [1.165, 1.54) is 127 Å². The van der Waals surface area contributed by atoms with Crippen LogP contribution in [0.4, 0.5) is 0 Å². The number of hydrogen-bond acceptors (Lipinski definition) is 10. The molecule has 340 valence electrons. The lowest BCUT2D eigenvalue weighted by atomic mass is 9.70. The highest BCUT2D eigenvalue weighted by molar-refractivity contribution is 7.87. The second-order valence-electron chi connectivity index (χ2n) is 17.1. The van der Waals surface area contributed by atoms with Gasteiger partial charge in [0.1, 0.15) is 9.79 Å². The van der Waals surface area contributed by atoms with E-state index in [0.29, 0.717) is 9.46 Å². The van der Waals surface area contributed by atoms with Crippen LogP contribution in [0, 0.1) is 0 Å². The number of aryl methyl sites for hydroxylation is 2. The number of rotatable bonds is 28. The van der Waals surface area contributed by atoms with Crippen LogP contribution in [-0.4, -0.2) is 46.7 Å². The Morgan fingerprint density at radius 2 is 0.677 bits per heavy atom. The summed E-state index contributed by atoms with van der Waals surface area (Å²) in [6.45, 7) is 4.45. The first-order chi connectivity index (χ1) is 29.9. The Morgan fingerprint density at radius 3 is 0.952 bits per heavy atom. The summed E-state index contributed by atoms with van der Waals surface area (Å²) in [4.78, 5) is -0.350. The molecule has 14 heteroatoms. The van der Waals surface area contributed by atoms with Crippen molar-refractivity contribution in [2.24, 2.45) is 0 Å². The van der Waals surface area contributed by atoms with Crippen LogP contribution in [0.2, 0.25) is 0 Å². The quantitative estimate of drug-likeness (QED) is 0.0317. The first-order valence-electron chi connectivity index (χ1n) is 23.0. The van der Waals surface area contributed by atoms with Crippen molar-refractivity contribution >= 4 is 20.2 Å². The summed E-state index contributed by atoms with van der Waals surface area (Å²) in [6, 6.07) is 12.6. The summed E-state index contributed by atoms with van der Waals surface area (Å²) in [6.07, 6.45) is 29.3. The molecule has 0 amide bonds. The summed E-state index contributed by atoms with van der Waals surface area (Å²) in [7, 11) is -9.08. The maximum atomic E-state index is 13.4. The lowest BCUT2D eigenvalue weighted by molar-refractivity contribution is 0.199. The number of benzene rings is 2. The molecule has 0 spiro atoms. The number of aromatic nitrogens is 2. The van der Waals surface area contributed by atoms with E-state index in [4.69, 9.17) is 8.57 Å². The second-order valence-corrected chi connectivity index (χ2v) is 20.1. The zero-order valence-electron chi connectivity index (χ0n) is 36.4. The zero-order valence-corrected chi connectivity index (χ0v) is 38.1. The fourth-order valence-corrected chi connectivity index (χ4v) is 10.7. The molecule has 2 bridgehead atoms. The smallest absolute Gasteiger partial charge is 0.357 e. The Hall–Kier alpha value is -4.56. The summed E-state index contributed by atoms with van der Waals surface area (Å²) >= 11 is 0. The van der Waals surface area contributed by atoms with Crippen molar-refractivity contribution in [3.8, 4) is 23.5 Å². The minimum atomic E-state index is -4.54. The van der Waals surface area contributed by atoms with Crippen LogP contribution in [0.1, 0.15) is 187 Å². The van der Waals surface area contributed by atoms with E-state index >= 15 is 0 Å². The highest BCUT2D eigenvalue weighted by atomic mass is 32.2. The number of allylic oxidation sites excluding steroid dienone is 2. The molecule has 2 aromatic heterocycles. The first kappa shape index (κ1) is 46.9. The van der Waals surface area contributed by atoms with Gasteiger partial charge in [-0.05, 0) is 61.1 Å². The molecule has 4 N–H and O–H groups in total. The Balaban J connectivity index is 1.05. The molecule has 3 aliphatic carbocycles. The predicted molar refractivity (Wildman–Crippen MR) is 240 cm³/mol. The number of nitrogens with zero attached hydrogens (tertiary/aromatic N) is 2. The van der Waals surface area contributed by atoms with Crippen LogP contribution in [0.3, 0.4) is 0 Å². The summed E-state index contributed by atoms with van der Waals surface area (Å²) in [5, 5.41) is 45.4. The third kappa shape index (κ3) is 11.0. The molecule has 12 nitrogen and oxygen atoms in total. The maximum Gasteiger partial charge on any atom is 0.357 e. The van der Waals surface area contributed by atoms with Crippen molar-refractivity contribution in [2.75, 3.05) is 0 Å². The van der Waals surface area contributed by atoms with Gasteiger partial charge in [0.2, 0.25) is 23.5 Å². The lowest BCUT2D eigenvalue weighted by Gasteiger charge is -2.30. The minimum absolute atomic E-state index is 0.0258. The molecule has 2 heterocycles. The van der Waals surface area contributed by atoms with Crippen molar-refractivity contribution in [3.63, 3.8) is 0 Å². The fourth-order valence-electron chi connectivity index (χ4n) is 8.94. The molecule has 7 rings (SSSR count). The van der Waals surface area contributed by atoms with E-state index < -0.39 is 55.6 Å². The fraction of sp³-hybridized carbons (Fsp3) is 0.542. The SMILES string of the molecule is CCCCCCCCCCCCc1ccc(S(=O)(=O)On2c(O)c3c(c2O)C2C=CC3c3c2c(O)n(OS(=O)(=O)c2ccc(CCCCCCCCCCCC)cc2)c3O)cc1. The summed E-state index contributed by atoms with van der Waals surface area (Å²) < 4.78 is 65.1. The number of hydrogen-bond donors (Lipinski definition) is 4. The van der Waals surface area contributed by atoms with Gasteiger partial charge >= 0.3 is 20.2 Å². The van der Waals surface area contributed by atoms with Gasteiger partial charge in [-0.2, -0.15) is 16.8 Å². The number of aromatic hydroxyl groups is 4. The van der Waals surface area contributed by atoms with E-state index in [9.17, 15) is 37.3 Å². The van der Waals surface area contributed by atoms with Crippen LogP contribution in [0.25, 0.3) is 0 Å². The third-order valence-corrected chi connectivity index (χ3v) is 14.9. The molecule has 3 aliphatic rings. The van der Waals surface area contributed by atoms with E-state index in [0.717, 1.165) is 49.7 Å². The standard InChI is InChI=1S/C48H66N2O10S2/c1-3-5-7-9-11-13-15-17-19-21-23-35-25-29-37(30-26-35)61(55,56)59-49-45(51)41-39-33-34-40(42(41)46(49)52)44-43(39)47(53)50(48(44)54)60-62(57,58)38-31-27-36(28-32-38)24-22-20-18-16-14-12-10-8-6-4-2/h25-34,39-40,51-54H,3-24H2,1-2H3. The molecule has 0 aliphatic heterocycles. The Morgan fingerprint density at radius 1 is 0.419 bits per heavy atom. The Kier molecular flexibility index (Phi) is 16.4. The van der Waals surface area contributed by atoms with E-state index in [1.54, 1.807) is 36.4 Å². The normalized spacial score (nSPS) is 15.5. The van der Waals surface area contributed by atoms with Crippen molar-refractivity contribution in [3.05, 3.63) is 94.1 Å². The maximum absolute atomic E-state index is 13.4. The van der Waals surface area contributed by atoms with Gasteiger partial charge in [-0.3, -0.25) is 8.57 Å². The van der Waals surface area contributed by atoms with Crippen molar-refractivity contribution in [1.29, 1.82) is 0 Å². The average Bonchev–Trinajstić information content (AvgIpc) is 3.67. The molecule has 0 fully saturated rings. The topological polar surface area (TPSA) is 178 Å². The molecule has 0 saturated carbocycles. The highest BCUT2D eigenvalue weighted by Crippen LogP contribution is 2.60. The van der Waals surface area contributed by atoms with Crippen LogP contribution in [0.5, 0.6) is 23.5 Å². The predicted octanol–water partition coefficient (Wildman–Crippen LogP) is 10.8. The van der Waals surface area contributed by atoms with Crippen LogP contribution < -0.4 is 8.57 Å². The minimum Gasteiger partial charge on any atom is -0.492 e. The van der Waals surface area contributed by atoms with Gasteiger partial charge in [0.25, 0.3) is 0 Å². The molecule has 4 aromatic rings. The van der Waals surface area contributed by atoms with Crippen molar-refractivity contribution in [2.45, 2.75) is 177 Å². The Labute approximate surface area is 368 Å². The summed E-state index contributed by atoms with van der Waals surface area (Å²) in [5.74, 6) is -5.00. The van der Waals surface area contributed by atoms with Gasteiger partial charge < -0.3 is 20.4 Å². The van der Waals surface area contributed by atoms with Gasteiger partial charge in [-0.15, -0.1) is 0 Å². The van der Waals surface area contributed by atoms with Gasteiger partial charge in [-0.1, -0.05) is 175 Å². The molecule has 0 saturated heterocycles. The molecular weight excluding hydrogens is 829 g/mol. The molecule has 2 aromatic carbocycles. The van der Waals surface area contributed by atoms with Gasteiger partial charge in [0.15, 0.2) is 0 Å².